The Morgan fingerprint density at radius 3 is 2.37 bits per heavy atom. The maximum absolute atomic E-state index is 12.8. The van der Waals surface area contributed by atoms with E-state index >= 15 is 0 Å². The van der Waals surface area contributed by atoms with Crippen molar-refractivity contribution in [1.82, 2.24) is 4.98 Å². The molecule has 0 unspecified atom stereocenters. The molecule has 1 N–H and O–H groups in total. The Bertz CT molecular complexity index is 1070. The summed E-state index contributed by atoms with van der Waals surface area (Å²) in [5.41, 5.74) is 0.0353. The molecule has 3 aromatic rings. The summed E-state index contributed by atoms with van der Waals surface area (Å²) in [7, 11) is 0. The van der Waals surface area contributed by atoms with Crippen LogP contribution in [0.5, 0.6) is 0 Å². The van der Waals surface area contributed by atoms with Crippen LogP contribution < -0.4 is 5.32 Å². The van der Waals surface area contributed by atoms with Crippen LogP contribution in [0.4, 0.5) is 18.9 Å². The summed E-state index contributed by atoms with van der Waals surface area (Å²) in [5, 5.41) is 2.64. The second-order valence-corrected chi connectivity index (χ2v) is 6.22. The van der Waals surface area contributed by atoms with E-state index in [1.165, 1.54) is 19.1 Å². The Balaban J connectivity index is 2.11. The number of nitrogens with zero attached hydrogens (tertiary/aromatic N) is 1. The minimum atomic E-state index is -4.48. The van der Waals surface area contributed by atoms with Gasteiger partial charge in [-0.05, 0) is 43.3 Å². The van der Waals surface area contributed by atoms with E-state index in [1.54, 1.807) is 31.2 Å². The highest BCUT2D eigenvalue weighted by Gasteiger charge is 2.30. The van der Waals surface area contributed by atoms with E-state index in [9.17, 15) is 22.8 Å². The van der Waals surface area contributed by atoms with Crippen molar-refractivity contribution in [2.75, 3.05) is 11.9 Å². The lowest BCUT2D eigenvalue weighted by molar-refractivity contribution is -0.137. The van der Waals surface area contributed by atoms with Crippen LogP contribution >= 0.6 is 0 Å². The number of alkyl halides is 3. The van der Waals surface area contributed by atoms with Gasteiger partial charge in [-0.25, -0.2) is 9.78 Å². The third kappa shape index (κ3) is 4.51. The van der Waals surface area contributed by atoms with Gasteiger partial charge >= 0.3 is 12.1 Å². The van der Waals surface area contributed by atoms with Crippen LogP contribution in [0, 0.1) is 0 Å². The minimum Gasteiger partial charge on any atom is -0.461 e. The molecule has 3 rings (SSSR count). The zero-order valence-corrected chi connectivity index (χ0v) is 16.0. The molecule has 0 saturated heterocycles. The van der Waals surface area contributed by atoms with Crippen LogP contribution in [0.1, 0.15) is 29.9 Å². The molecule has 1 heterocycles. The standard InChI is InChI=1S/C21H17F3N2O4/c1-3-29-20(28)17-18(15-6-4-5-7-16(15)25-12(2)27)30-19(26-17)13-8-10-14(11-9-13)21(22,23)24/h4-11H,3H2,1-2H3,(H,25,27). The van der Waals surface area contributed by atoms with Gasteiger partial charge in [-0.1, -0.05) is 12.1 Å². The van der Waals surface area contributed by atoms with Crippen LogP contribution in [0.15, 0.2) is 52.9 Å². The van der Waals surface area contributed by atoms with Crippen molar-refractivity contribution in [3.8, 4) is 22.8 Å². The Hall–Kier alpha value is -3.62. The van der Waals surface area contributed by atoms with Gasteiger partial charge in [-0.15, -0.1) is 0 Å². The molecule has 0 aliphatic carbocycles. The molecule has 6 nitrogen and oxygen atoms in total. The lowest BCUT2D eigenvalue weighted by Crippen LogP contribution is -2.09. The number of para-hydroxylation sites is 1. The van der Waals surface area contributed by atoms with E-state index < -0.39 is 17.7 Å². The summed E-state index contributed by atoms with van der Waals surface area (Å²) in [5.74, 6) is -1.11. The van der Waals surface area contributed by atoms with Crippen molar-refractivity contribution in [2.45, 2.75) is 20.0 Å². The normalized spacial score (nSPS) is 11.2. The molecule has 0 atom stereocenters. The second-order valence-electron chi connectivity index (χ2n) is 6.22. The largest absolute Gasteiger partial charge is 0.461 e. The SMILES string of the molecule is CCOC(=O)c1nc(-c2ccc(C(F)(F)F)cc2)oc1-c1ccccc1NC(C)=O. The Kier molecular flexibility index (Phi) is 5.91. The van der Waals surface area contributed by atoms with Crippen LogP contribution in [0.3, 0.4) is 0 Å². The van der Waals surface area contributed by atoms with E-state index in [0.717, 1.165) is 12.1 Å². The maximum atomic E-state index is 12.8. The first kappa shape index (κ1) is 21.1. The van der Waals surface area contributed by atoms with E-state index in [4.69, 9.17) is 9.15 Å². The molecule has 0 fully saturated rings. The van der Waals surface area contributed by atoms with Crippen molar-refractivity contribution in [2.24, 2.45) is 0 Å². The smallest absolute Gasteiger partial charge is 0.416 e. The zero-order chi connectivity index (χ0) is 21.9. The lowest BCUT2D eigenvalue weighted by atomic mass is 10.1. The Morgan fingerprint density at radius 1 is 1.10 bits per heavy atom. The molecule has 0 radical (unpaired) electrons. The molecule has 0 aliphatic heterocycles. The predicted molar refractivity (Wildman–Crippen MR) is 103 cm³/mol. The number of ether oxygens (including phenoxy) is 1. The highest BCUT2D eigenvalue weighted by atomic mass is 19.4. The van der Waals surface area contributed by atoms with Crippen molar-refractivity contribution in [3.63, 3.8) is 0 Å². The number of carbonyl (C=O) groups excluding carboxylic acids is 2. The number of halogens is 3. The number of hydrogen-bond donors (Lipinski definition) is 1. The molecule has 1 amide bonds. The summed E-state index contributed by atoms with van der Waals surface area (Å²) < 4.78 is 49.2. The maximum Gasteiger partial charge on any atom is 0.416 e. The van der Waals surface area contributed by atoms with Gasteiger partial charge in [0.2, 0.25) is 11.8 Å². The van der Waals surface area contributed by atoms with Gasteiger partial charge in [0.15, 0.2) is 11.5 Å². The molecule has 9 heteroatoms. The van der Waals surface area contributed by atoms with Crippen LogP contribution in [0.25, 0.3) is 22.8 Å². The van der Waals surface area contributed by atoms with Gasteiger partial charge in [0.25, 0.3) is 0 Å². The fraction of sp³-hybridized carbons (Fsp3) is 0.190. The summed E-state index contributed by atoms with van der Waals surface area (Å²) >= 11 is 0. The summed E-state index contributed by atoms with van der Waals surface area (Å²) in [6.45, 7) is 3.05. The van der Waals surface area contributed by atoms with E-state index in [1.807, 2.05) is 0 Å². The first-order valence-corrected chi connectivity index (χ1v) is 8.93. The van der Waals surface area contributed by atoms with Gasteiger partial charge in [-0.3, -0.25) is 4.79 Å². The van der Waals surface area contributed by atoms with Crippen LogP contribution in [0.2, 0.25) is 0 Å². The van der Waals surface area contributed by atoms with Gasteiger partial charge in [-0.2, -0.15) is 13.2 Å². The molecule has 2 aromatic carbocycles. The van der Waals surface area contributed by atoms with Crippen LogP contribution in [-0.4, -0.2) is 23.5 Å². The minimum absolute atomic E-state index is 0.0349. The number of nitrogens with one attached hydrogen (secondary N) is 1. The van der Waals surface area contributed by atoms with Crippen LogP contribution in [-0.2, 0) is 15.7 Å². The highest BCUT2D eigenvalue weighted by molar-refractivity contribution is 5.99. The van der Waals surface area contributed by atoms with Gasteiger partial charge < -0.3 is 14.5 Å². The number of rotatable bonds is 5. The monoisotopic (exact) mass is 418 g/mol. The molecule has 0 aliphatic rings. The number of carbonyl (C=O) groups is 2. The lowest BCUT2D eigenvalue weighted by Gasteiger charge is -2.08. The van der Waals surface area contributed by atoms with Crippen molar-refractivity contribution in [3.05, 3.63) is 59.8 Å². The third-order valence-corrected chi connectivity index (χ3v) is 4.04. The van der Waals surface area contributed by atoms with Crippen molar-refractivity contribution >= 4 is 17.6 Å². The number of anilines is 1. The molecule has 156 valence electrons. The number of benzene rings is 2. The third-order valence-electron chi connectivity index (χ3n) is 4.04. The topological polar surface area (TPSA) is 81.4 Å². The molecular weight excluding hydrogens is 401 g/mol. The molecular formula is C21H17F3N2O4. The average Bonchev–Trinajstić information content (AvgIpc) is 3.13. The Morgan fingerprint density at radius 2 is 1.77 bits per heavy atom. The predicted octanol–water partition coefficient (Wildman–Crippen LogP) is 5.16. The fourth-order valence-corrected chi connectivity index (χ4v) is 2.75. The molecule has 0 saturated carbocycles. The van der Waals surface area contributed by atoms with Gasteiger partial charge in [0.05, 0.1) is 17.9 Å². The molecule has 0 bridgehead atoms. The second kappa shape index (κ2) is 8.40. The number of aromatic nitrogens is 1. The number of amides is 1. The van der Waals surface area contributed by atoms with E-state index in [2.05, 4.69) is 10.3 Å². The molecule has 1 aromatic heterocycles. The first-order valence-electron chi connectivity index (χ1n) is 8.93. The summed E-state index contributed by atoms with van der Waals surface area (Å²) in [6, 6.07) is 10.8. The van der Waals surface area contributed by atoms with E-state index in [-0.39, 0.29) is 35.4 Å². The number of esters is 1. The van der Waals surface area contributed by atoms with Gasteiger partial charge in [0, 0.05) is 18.1 Å². The fourth-order valence-electron chi connectivity index (χ4n) is 2.75. The summed E-state index contributed by atoms with van der Waals surface area (Å²) in [4.78, 5) is 28.1. The van der Waals surface area contributed by atoms with Crippen molar-refractivity contribution < 1.29 is 31.9 Å². The van der Waals surface area contributed by atoms with Crippen molar-refractivity contribution in [1.29, 1.82) is 0 Å². The summed E-state index contributed by atoms with van der Waals surface area (Å²) in [6.07, 6.45) is -4.48. The average molecular weight is 418 g/mol. The van der Waals surface area contributed by atoms with E-state index in [0.29, 0.717) is 11.3 Å². The van der Waals surface area contributed by atoms with Gasteiger partial charge in [0.1, 0.15) is 0 Å². The first-order chi connectivity index (χ1) is 14.2. The number of oxazole rings is 1. The molecule has 30 heavy (non-hydrogen) atoms. The number of hydrogen-bond acceptors (Lipinski definition) is 5. The molecule has 0 spiro atoms. The highest BCUT2D eigenvalue weighted by Crippen LogP contribution is 2.36. The Labute approximate surface area is 169 Å². The zero-order valence-electron chi connectivity index (χ0n) is 16.0. The quantitative estimate of drug-likeness (QED) is 0.579.